The molecule has 0 saturated heterocycles. The summed E-state index contributed by atoms with van der Waals surface area (Å²) in [5.74, 6) is 0. The second-order valence-corrected chi connectivity index (χ2v) is 8.13. The lowest BCUT2D eigenvalue weighted by molar-refractivity contribution is 0.589. The Kier molecular flexibility index (Phi) is 5.15. The summed E-state index contributed by atoms with van der Waals surface area (Å²) >= 11 is 7.10. The normalized spacial score (nSPS) is 13.0. The SMILES string of the molecule is CC(Nc1cc(Br)ccc1Br)c1ccc(C(C)(C)C)cc1. The highest BCUT2D eigenvalue weighted by Gasteiger charge is 2.14. The zero-order chi connectivity index (χ0) is 15.6. The molecule has 3 heteroatoms. The highest BCUT2D eigenvalue weighted by atomic mass is 79.9. The predicted octanol–water partition coefficient (Wildman–Crippen LogP) is 6.68. The Morgan fingerprint density at radius 3 is 2.14 bits per heavy atom. The summed E-state index contributed by atoms with van der Waals surface area (Å²) < 4.78 is 2.15. The van der Waals surface area contributed by atoms with E-state index in [4.69, 9.17) is 0 Å². The Balaban J connectivity index is 2.17. The molecule has 1 atom stereocenters. The standard InChI is InChI=1S/C18H21Br2N/c1-12(21-17-11-15(19)9-10-16(17)20)13-5-7-14(8-6-13)18(2,3)4/h5-12,21H,1-4H3. The number of hydrogen-bond acceptors (Lipinski definition) is 1. The highest BCUT2D eigenvalue weighted by Crippen LogP contribution is 2.30. The van der Waals surface area contributed by atoms with Crippen LogP contribution in [0.3, 0.4) is 0 Å². The number of hydrogen-bond donors (Lipinski definition) is 1. The van der Waals surface area contributed by atoms with Crippen LogP contribution in [0.1, 0.15) is 44.9 Å². The Hall–Kier alpha value is -0.800. The molecule has 1 N–H and O–H groups in total. The van der Waals surface area contributed by atoms with Gasteiger partial charge in [-0.3, -0.25) is 0 Å². The van der Waals surface area contributed by atoms with Crippen molar-refractivity contribution in [2.75, 3.05) is 5.32 Å². The number of rotatable bonds is 3. The molecule has 1 unspecified atom stereocenters. The first-order chi connectivity index (χ1) is 9.77. The molecule has 2 aromatic carbocycles. The Bertz CT molecular complexity index is 612. The molecule has 0 bridgehead atoms. The van der Waals surface area contributed by atoms with Crippen LogP contribution in [0, 0.1) is 0 Å². The summed E-state index contributed by atoms with van der Waals surface area (Å²) in [6, 6.07) is 15.3. The van der Waals surface area contributed by atoms with Crippen LogP contribution in [0.25, 0.3) is 0 Å². The summed E-state index contributed by atoms with van der Waals surface area (Å²) in [7, 11) is 0. The molecule has 0 aliphatic heterocycles. The minimum Gasteiger partial charge on any atom is -0.378 e. The minimum atomic E-state index is 0.197. The van der Waals surface area contributed by atoms with Crippen molar-refractivity contribution in [3.8, 4) is 0 Å². The monoisotopic (exact) mass is 409 g/mol. The number of benzene rings is 2. The van der Waals surface area contributed by atoms with E-state index in [1.165, 1.54) is 11.1 Å². The Morgan fingerprint density at radius 1 is 0.952 bits per heavy atom. The van der Waals surface area contributed by atoms with Crippen molar-refractivity contribution in [3.63, 3.8) is 0 Å². The average molecular weight is 411 g/mol. The van der Waals surface area contributed by atoms with Crippen molar-refractivity contribution in [2.45, 2.75) is 39.2 Å². The molecule has 0 aromatic heterocycles. The smallest absolute Gasteiger partial charge is 0.0500 e. The third-order valence-corrected chi connectivity index (χ3v) is 4.76. The fourth-order valence-electron chi connectivity index (χ4n) is 2.20. The summed E-state index contributed by atoms with van der Waals surface area (Å²) in [5, 5.41) is 3.55. The maximum atomic E-state index is 3.59. The van der Waals surface area contributed by atoms with Gasteiger partial charge < -0.3 is 5.32 Å². The maximum Gasteiger partial charge on any atom is 0.0500 e. The first kappa shape index (κ1) is 16.6. The lowest BCUT2D eigenvalue weighted by Gasteiger charge is -2.21. The van der Waals surface area contributed by atoms with Gasteiger partial charge in [0.25, 0.3) is 0 Å². The van der Waals surface area contributed by atoms with E-state index in [1.807, 2.05) is 12.1 Å². The second-order valence-electron chi connectivity index (χ2n) is 6.36. The van der Waals surface area contributed by atoms with Crippen molar-refractivity contribution < 1.29 is 0 Å². The summed E-state index contributed by atoms with van der Waals surface area (Å²) in [6.45, 7) is 8.90. The van der Waals surface area contributed by atoms with Gasteiger partial charge in [0.15, 0.2) is 0 Å². The van der Waals surface area contributed by atoms with Crippen molar-refractivity contribution >= 4 is 37.5 Å². The van der Waals surface area contributed by atoms with Gasteiger partial charge in [0.1, 0.15) is 0 Å². The van der Waals surface area contributed by atoms with Gasteiger partial charge in [0.2, 0.25) is 0 Å². The summed E-state index contributed by atoms with van der Waals surface area (Å²) in [6.07, 6.45) is 0. The van der Waals surface area contributed by atoms with E-state index in [2.05, 4.69) is 95.2 Å². The molecule has 1 nitrogen and oxygen atoms in total. The van der Waals surface area contributed by atoms with Gasteiger partial charge in [-0.1, -0.05) is 61.0 Å². The Labute approximate surface area is 144 Å². The van der Waals surface area contributed by atoms with Crippen molar-refractivity contribution in [2.24, 2.45) is 0 Å². The molecule has 2 aromatic rings. The zero-order valence-corrected chi connectivity index (χ0v) is 16.0. The quantitative estimate of drug-likeness (QED) is 0.594. The van der Waals surface area contributed by atoms with Crippen molar-refractivity contribution in [1.82, 2.24) is 0 Å². The van der Waals surface area contributed by atoms with E-state index < -0.39 is 0 Å². The largest absolute Gasteiger partial charge is 0.378 e. The minimum absolute atomic E-state index is 0.197. The number of halogens is 2. The van der Waals surface area contributed by atoms with E-state index in [9.17, 15) is 0 Å². The predicted molar refractivity (Wildman–Crippen MR) is 99.0 cm³/mol. The van der Waals surface area contributed by atoms with E-state index in [0.29, 0.717) is 0 Å². The summed E-state index contributed by atoms with van der Waals surface area (Å²) in [4.78, 5) is 0. The molecule has 0 spiro atoms. The molecule has 0 aliphatic carbocycles. The fourth-order valence-corrected chi connectivity index (χ4v) is 2.92. The van der Waals surface area contributed by atoms with E-state index in [-0.39, 0.29) is 11.5 Å². The van der Waals surface area contributed by atoms with Gasteiger partial charge in [-0.15, -0.1) is 0 Å². The number of nitrogens with one attached hydrogen (secondary N) is 1. The van der Waals surface area contributed by atoms with Crippen LogP contribution in [0.15, 0.2) is 51.4 Å². The van der Waals surface area contributed by atoms with E-state index in [0.717, 1.165) is 14.6 Å². The first-order valence-corrected chi connectivity index (χ1v) is 8.68. The topological polar surface area (TPSA) is 12.0 Å². The summed E-state index contributed by atoms with van der Waals surface area (Å²) in [5.41, 5.74) is 3.94. The van der Waals surface area contributed by atoms with Gasteiger partial charge >= 0.3 is 0 Å². The van der Waals surface area contributed by atoms with Crippen LogP contribution >= 0.6 is 31.9 Å². The maximum absolute atomic E-state index is 3.59. The third-order valence-electron chi connectivity index (χ3n) is 3.58. The van der Waals surface area contributed by atoms with Crippen LogP contribution in [0.4, 0.5) is 5.69 Å². The molecule has 0 radical (unpaired) electrons. The molecule has 0 fully saturated rings. The Morgan fingerprint density at radius 2 is 1.57 bits per heavy atom. The highest BCUT2D eigenvalue weighted by molar-refractivity contribution is 9.11. The first-order valence-electron chi connectivity index (χ1n) is 7.09. The average Bonchev–Trinajstić information content (AvgIpc) is 2.42. The molecule has 0 aliphatic rings. The van der Waals surface area contributed by atoms with E-state index >= 15 is 0 Å². The molecule has 21 heavy (non-hydrogen) atoms. The van der Waals surface area contributed by atoms with Crippen molar-refractivity contribution in [1.29, 1.82) is 0 Å². The third kappa shape index (κ3) is 4.33. The zero-order valence-electron chi connectivity index (χ0n) is 12.9. The van der Waals surface area contributed by atoms with Crippen LogP contribution in [0.2, 0.25) is 0 Å². The molecule has 112 valence electrons. The van der Waals surface area contributed by atoms with Gasteiger partial charge in [-0.25, -0.2) is 0 Å². The van der Waals surface area contributed by atoms with E-state index in [1.54, 1.807) is 0 Å². The van der Waals surface area contributed by atoms with Gasteiger partial charge in [-0.2, -0.15) is 0 Å². The lowest BCUT2D eigenvalue weighted by Crippen LogP contribution is -2.12. The molecular weight excluding hydrogens is 390 g/mol. The molecule has 0 heterocycles. The molecular formula is C18H21Br2N. The fraction of sp³-hybridized carbons (Fsp3) is 0.333. The van der Waals surface area contributed by atoms with Gasteiger partial charge in [-0.05, 0) is 57.6 Å². The van der Waals surface area contributed by atoms with Gasteiger partial charge in [0, 0.05) is 15.0 Å². The van der Waals surface area contributed by atoms with Crippen LogP contribution in [-0.2, 0) is 5.41 Å². The second kappa shape index (κ2) is 6.53. The van der Waals surface area contributed by atoms with Crippen LogP contribution < -0.4 is 5.32 Å². The van der Waals surface area contributed by atoms with Crippen LogP contribution in [-0.4, -0.2) is 0 Å². The van der Waals surface area contributed by atoms with Crippen LogP contribution in [0.5, 0.6) is 0 Å². The van der Waals surface area contributed by atoms with Gasteiger partial charge in [0.05, 0.1) is 5.69 Å². The molecule has 0 saturated carbocycles. The molecule has 2 rings (SSSR count). The molecule has 0 amide bonds. The van der Waals surface area contributed by atoms with Crippen molar-refractivity contribution in [3.05, 3.63) is 62.5 Å². The number of anilines is 1. The lowest BCUT2D eigenvalue weighted by atomic mass is 9.86.